The molecule has 2 aromatic carbocycles. The van der Waals surface area contributed by atoms with Gasteiger partial charge in [0.2, 0.25) is 6.29 Å². The van der Waals surface area contributed by atoms with E-state index >= 15 is 0 Å². The molecule has 0 N–H and O–H groups in total. The molecule has 0 heterocycles. The first-order valence-corrected chi connectivity index (χ1v) is 6.40. The molecule has 0 saturated carbocycles. The second kappa shape index (κ2) is 6.15. The van der Waals surface area contributed by atoms with Crippen LogP contribution in [0, 0.1) is 0 Å². The van der Waals surface area contributed by atoms with E-state index in [4.69, 9.17) is 4.74 Å². The van der Waals surface area contributed by atoms with Gasteiger partial charge in [0.15, 0.2) is 0 Å². The maximum Gasteiger partial charge on any atom is 0.371 e. The minimum absolute atomic E-state index is 0.124. The van der Waals surface area contributed by atoms with Gasteiger partial charge in [-0.05, 0) is 18.1 Å². The van der Waals surface area contributed by atoms with E-state index in [0.29, 0.717) is 0 Å². The molecule has 0 atom stereocenters. The normalized spacial score (nSPS) is 10.8. The van der Waals surface area contributed by atoms with Crippen LogP contribution in [0.5, 0.6) is 0 Å². The van der Waals surface area contributed by atoms with E-state index < -0.39 is 11.4 Å². The number of esters is 1. The number of hydrogen-bond acceptors (Lipinski definition) is 3. The van der Waals surface area contributed by atoms with E-state index in [2.05, 4.69) is 0 Å². The van der Waals surface area contributed by atoms with Gasteiger partial charge in [-0.1, -0.05) is 60.7 Å². The molecule has 102 valence electrons. The Morgan fingerprint density at radius 3 is 1.85 bits per heavy atom. The third-order valence-corrected chi connectivity index (χ3v) is 3.42. The van der Waals surface area contributed by atoms with E-state index in [-0.39, 0.29) is 12.9 Å². The van der Waals surface area contributed by atoms with Crippen LogP contribution in [0.2, 0.25) is 0 Å². The van der Waals surface area contributed by atoms with Crippen LogP contribution in [0.3, 0.4) is 0 Å². The lowest BCUT2D eigenvalue weighted by Crippen LogP contribution is -2.31. The molecular formula is C17H16O3. The Hall–Kier alpha value is -2.42. The van der Waals surface area contributed by atoms with Gasteiger partial charge >= 0.3 is 5.97 Å². The second-order valence-electron chi connectivity index (χ2n) is 4.79. The van der Waals surface area contributed by atoms with Crippen LogP contribution in [0.15, 0.2) is 60.7 Å². The summed E-state index contributed by atoms with van der Waals surface area (Å²) in [7, 11) is 0. The highest BCUT2D eigenvalue weighted by molar-refractivity contribution is 6.20. The summed E-state index contributed by atoms with van der Waals surface area (Å²) in [6, 6.07) is 19.6. The lowest BCUT2D eigenvalue weighted by Gasteiger charge is -2.30. The standard InChI is InChI=1S/C17H16O3/c1-17(13-20-16(19)12-18,14-8-4-2-5-9-14)15-10-6-3-7-11-15/h2-12H,13H2,1H3. The zero-order valence-corrected chi connectivity index (χ0v) is 11.3. The van der Waals surface area contributed by atoms with Gasteiger partial charge in [-0.3, -0.25) is 4.79 Å². The molecule has 0 unspecified atom stereocenters. The van der Waals surface area contributed by atoms with Crippen molar-refractivity contribution in [1.82, 2.24) is 0 Å². The number of hydrogen-bond donors (Lipinski definition) is 0. The van der Waals surface area contributed by atoms with Gasteiger partial charge in [0, 0.05) is 0 Å². The molecule has 20 heavy (non-hydrogen) atoms. The number of rotatable bonds is 5. The van der Waals surface area contributed by atoms with Gasteiger partial charge in [0.1, 0.15) is 6.61 Å². The summed E-state index contributed by atoms with van der Waals surface area (Å²) >= 11 is 0. The fourth-order valence-electron chi connectivity index (χ4n) is 2.19. The molecule has 0 aliphatic heterocycles. The summed E-state index contributed by atoms with van der Waals surface area (Å²) in [4.78, 5) is 21.6. The summed E-state index contributed by atoms with van der Waals surface area (Å²) < 4.78 is 5.06. The smallest absolute Gasteiger partial charge is 0.371 e. The largest absolute Gasteiger partial charge is 0.459 e. The van der Waals surface area contributed by atoms with E-state index in [1.165, 1.54) is 0 Å². The number of ether oxygens (including phenoxy) is 1. The summed E-state index contributed by atoms with van der Waals surface area (Å²) in [6.07, 6.45) is 0.191. The Labute approximate surface area is 118 Å². The van der Waals surface area contributed by atoms with Crippen LogP contribution in [-0.2, 0) is 19.7 Å². The number of benzene rings is 2. The van der Waals surface area contributed by atoms with Crippen molar-refractivity contribution in [3.8, 4) is 0 Å². The first-order valence-electron chi connectivity index (χ1n) is 6.40. The van der Waals surface area contributed by atoms with Gasteiger partial charge in [-0.15, -0.1) is 0 Å². The maximum atomic E-state index is 11.1. The molecule has 2 aromatic rings. The van der Waals surface area contributed by atoms with Crippen molar-refractivity contribution in [3.63, 3.8) is 0 Å². The third-order valence-electron chi connectivity index (χ3n) is 3.42. The van der Waals surface area contributed by atoms with Crippen LogP contribution < -0.4 is 0 Å². The molecule has 0 aromatic heterocycles. The fraction of sp³-hybridized carbons (Fsp3) is 0.176. The molecule has 0 fully saturated rings. The topological polar surface area (TPSA) is 43.4 Å². The molecule has 3 heteroatoms. The summed E-state index contributed by atoms with van der Waals surface area (Å²) in [5, 5.41) is 0. The predicted octanol–water partition coefficient (Wildman–Crippen LogP) is 2.73. The zero-order chi connectivity index (χ0) is 14.4. The third kappa shape index (κ3) is 2.94. The van der Waals surface area contributed by atoms with Gasteiger partial charge < -0.3 is 4.74 Å². The van der Waals surface area contributed by atoms with Crippen molar-refractivity contribution in [1.29, 1.82) is 0 Å². The first kappa shape index (κ1) is 14.0. The average molecular weight is 268 g/mol. The van der Waals surface area contributed by atoms with E-state index in [9.17, 15) is 9.59 Å². The number of aldehydes is 1. The Kier molecular flexibility index (Phi) is 4.31. The molecule has 0 saturated heterocycles. The predicted molar refractivity (Wildman–Crippen MR) is 76.4 cm³/mol. The zero-order valence-electron chi connectivity index (χ0n) is 11.3. The SMILES string of the molecule is CC(COC(=O)C=O)(c1ccccc1)c1ccccc1. The van der Waals surface area contributed by atoms with Gasteiger partial charge in [-0.25, -0.2) is 4.79 Å². The van der Waals surface area contributed by atoms with Crippen molar-refractivity contribution in [2.45, 2.75) is 12.3 Å². The highest BCUT2D eigenvalue weighted by Crippen LogP contribution is 2.32. The minimum Gasteiger partial charge on any atom is -0.459 e. The van der Waals surface area contributed by atoms with Crippen LogP contribution in [-0.4, -0.2) is 18.9 Å². The van der Waals surface area contributed by atoms with Crippen molar-refractivity contribution in [2.24, 2.45) is 0 Å². The highest BCUT2D eigenvalue weighted by atomic mass is 16.5. The van der Waals surface area contributed by atoms with Crippen LogP contribution in [0.25, 0.3) is 0 Å². The Bertz CT molecular complexity index is 536. The number of carbonyl (C=O) groups excluding carboxylic acids is 2. The Balaban J connectivity index is 2.38. The monoisotopic (exact) mass is 268 g/mol. The van der Waals surface area contributed by atoms with Crippen molar-refractivity contribution >= 4 is 12.3 Å². The summed E-state index contributed by atoms with van der Waals surface area (Å²) in [6.45, 7) is 2.12. The van der Waals surface area contributed by atoms with Crippen molar-refractivity contribution in [2.75, 3.05) is 6.61 Å². The molecule has 0 spiro atoms. The molecule has 0 amide bonds. The van der Waals surface area contributed by atoms with Crippen molar-refractivity contribution < 1.29 is 14.3 Å². The van der Waals surface area contributed by atoms with Crippen LogP contribution in [0.4, 0.5) is 0 Å². The van der Waals surface area contributed by atoms with E-state index in [0.717, 1.165) is 11.1 Å². The molecular weight excluding hydrogens is 252 g/mol. The summed E-state index contributed by atoms with van der Waals surface area (Å²) in [5.74, 6) is -0.844. The Morgan fingerprint density at radius 1 is 1.00 bits per heavy atom. The molecule has 0 bridgehead atoms. The number of carbonyl (C=O) groups is 2. The van der Waals surface area contributed by atoms with E-state index in [1.54, 1.807) is 0 Å². The molecule has 0 aliphatic rings. The van der Waals surface area contributed by atoms with Gasteiger partial charge in [0.25, 0.3) is 0 Å². The maximum absolute atomic E-state index is 11.1. The van der Waals surface area contributed by atoms with Crippen LogP contribution >= 0.6 is 0 Å². The molecule has 3 nitrogen and oxygen atoms in total. The first-order chi connectivity index (χ1) is 9.66. The lowest BCUT2D eigenvalue weighted by molar-refractivity contribution is -0.149. The van der Waals surface area contributed by atoms with Gasteiger partial charge in [-0.2, -0.15) is 0 Å². The minimum atomic E-state index is -0.844. The summed E-state index contributed by atoms with van der Waals surface area (Å²) in [5.41, 5.74) is 1.58. The highest BCUT2D eigenvalue weighted by Gasteiger charge is 2.30. The van der Waals surface area contributed by atoms with Gasteiger partial charge in [0.05, 0.1) is 5.41 Å². The van der Waals surface area contributed by atoms with Crippen molar-refractivity contribution in [3.05, 3.63) is 71.8 Å². The molecule has 0 radical (unpaired) electrons. The van der Waals surface area contributed by atoms with Crippen LogP contribution in [0.1, 0.15) is 18.1 Å². The molecule has 2 rings (SSSR count). The lowest BCUT2D eigenvalue weighted by atomic mass is 9.77. The molecule has 0 aliphatic carbocycles. The fourth-order valence-corrected chi connectivity index (χ4v) is 2.19. The quantitative estimate of drug-likeness (QED) is 0.476. The average Bonchev–Trinajstić information content (AvgIpc) is 2.54. The van der Waals surface area contributed by atoms with E-state index in [1.807, 2.05) is 67.6 Å². The Morgan fingerprint density at radius 2 is 1.45 bits per heavy atom. The second-order valence-corrected chi connectivity index (χ2v) is 4.79.